The molecular weight excluding hydrogens is 374 g/mol. The van der Waals surface area contributed by atoms with Crippen molar-refractivity contribution in [1.82, 2.24) is 14.9 Å². The molecule has 1 aliphatic heterocycles. The van der Waals surface area contributed by atoms with Crippen LogP contribution in [-0.2, 0) is 9.59 Å². The number of benzene rings is 1. The number of hydrogen-bond acceptors (Lipinski definition) is 5. The highest BCUT2D eigenvalue weighted by molar-refractivity contribution is 9.10. The van der Waals surface area contributed by atoms with Crippen LogP contribution in [0.5, 0.6) is 0 Å². The number of anilines is 2. The van der Waals surface area contributed by atoms with Crippen LogP contribution in [0.1, 0.15) is 0 Å². The van der Waals surface area contributed by atoms with Gasteiger partial charge in [-0.15, -0.1) is 0 Å². The number of aromatic nitrogens is 2. The van der Waals surface area contributed by atoms with E-state index < -0.39 is 11.8 Å². The van der Waals surface area contributed by atoms with Gasteiger partial charge in [0.1, 0.15) is 0 Å². The Hall–Kier alpha value is -2.48. The Balaban J connectivity index is 1.54. The van der Waals surface area contributed by atoms with E-state index in [1.165, 1.54) is 0 Å². The molecule has 1 aromatic carbocycles. The van der Waals surface area contributed by atoms with Crippen molar-refractivity contribution in [3.05, 3.63) is 47.2 Å². The minimum atomic E-state index is -0.623. The summed E-state index contributed by atoms with van der Waals surface area (Å²) in [4.78, 5) is 36.3. The van der Waals surface area contributed by atoms with Gasteiger partial charge in [0.15, 0.2) is 0 Å². The molecule has 3 rings (SSSR count). The molecule has 2 aromatic rings. The van der Waals surface area contributed by atoms with E-state index in [9.17, 15) is 9.59 Å². The highest BCUT2D eigenvalue weighted by Gasteiger charge is 2.26. The molecule has 0 saturated carbocycles. The topological polar surface area (TPSA) is 78.4 Å². The van der Waals surface area contributed by atoms with Gasteiger partial charge in [-0.1, -0.05) is 15.9 Å². The van der Waals surface area contributed by atoms with Crippen LogP contribution in [-0.4, -0.2) is 52.9 Å². The first kappa shape index (κ1) is 16.4. The van der Waals surface area contributed by atoms with Gasteiger partial charge in [-0.2, -0.15) is 0 Å². The smallest absolute Gasteiger partial charge is 0.313 e. The van der Waals surface area contributed by atoms with Crippen molar-refractivity contribution in [3.63, 3.8) is 0 Å². The van der Waals surface area contributed by atoms with Gasteiger partial charge in [0.25, 0.3) is 0 Å². The summed E-state index contributed by atoms with van der Waals surface area (Å²) in [7, 11) is 0. The summed E-state index contributed by atoms with van der Waals surface area (Å²) in [6, 6.07) is 8.84. The average Bonchev–Trinajstić information content (AvgIpc) is 2.64. The third-order valence-corrected chi connectivity index (χ3v) is 4.23. The van der Waals surface area contributed by atoms with E-state index in [1.807, 2.05) is 4.90 Å². The molecular formula is C16H16BrN5O2. The van der Waals surface area contributed by atoms with Crippen molar-refractivity contribution >= 4 is 39.4 Å². The van der Waals surface area contributed by atoms with E-state index in [0.717, 1.165) is 4.47 Å². The Bertz CT molecular complexity index is 715. The fraction of sp³-hybridized carbons (Fsp3) is 0.250. The molecule has 1 fully saturated rings. The van der Waals surface area contributed by atoms with E-state index in [1.54, 1.807) is 47.6 Å². The van der Waals surface area contributed by atoms with Gasteiger partial charge in [0, 0.05) is 48.7 Å². The summed E-state index contributed by atoms with van der Waals surface area (Å²) >= 11 is 3.33. The van der Waals surface area contributed by atoms with E-state index in [4.69, 9.17) is 0 Å². The minimum Gasteiger partial charge on any atom is -0.337 e. The van der Waals surface area contributed by atoms with Crippen LogP contribution in [0.25, 0.3) is 0 Å². The van der Waals surface area contributed by atoms with Gasteiger partial charge >= 0.3 is 11.8 Å². The number of nitrogens with zero attached hydrogens (tertiary/aromatic N) is 4. The van der Waals surface area contributed by atoms with Crippen molar-refractivity contribution in [3.8, 4) is 0 Å². The average molecular weight is 390 g/mol. The first-order chi connectivity index (χ1) is 11.6. The molecule has 1 aromatic heterocycles. The molecule has 0 unspecified atom stereocenters. The molecule has 2 heterocycles. The fourth-order valence-corrected chi connectivity index (χ4v) is 2.69. The van der Waals surface area contributed by atoms with E-state index in [-0.39, 0.29) is 0 Å². The summed E-state index contributed by atoms with van der Waals surface area (Å²) in [5, 5.41) is 2.62. The summed E-state index contributed by atoms with van der Waals surface area (Å²) in [5.74, 6) is -0.503. The Morgan fingerprint density at radius 1 is 1.00 bits per heavy atom. The maximum absolute atomic E-state index is 12.3. The van der Waals surface area contributed by atoms with Gasteiger partial charge in [-0.3, -0.25) is 9.59 Å². The number of nitrogens with one attached hydrogen (secondary N) is 1. The second kappa shape index (κ2) is 7.39. The van der Waals surface area contributed by atoms with Crippen molar-refractivity contribution in [2.75, 3.05) is 36.4 Å². The summed E-state index contributed by atoms with van der Waals surface area (Å²) in [6.45, 7) is 2.12. The van der Waals surface area contributed by atoms with Crippen LogP contribution in [0.3, 0.4) is 0 Å². The van der Waals surface area contributed by atoms with Gasteiger partial charge in [0.05, 0.1) is 0 Å². The monoisotopic (exact) mass is 389 g/mol. The molecule has 0 aliphatic carbocycles. The van der Waals surface area contributed by atoms with Crippen molar-refractivity contribution in [2.45, 2.75) is 0 Å². The van der Waals surface area contributed by atoms with Gasteiger partial charge in [0.2, 0.25) is 5.95 Å². The summed E-state index contributed by atoms with van der Waals surface area (Å²) in [6.07, 6.45) is 3.37. The Morgan fingerprint density at radius 2 is 1.62 bits per heavy atom. The van der Waals surface area contributed by atoms with Crippen molar-refractivity contribution in [2.24, 2.45) is 0 Å². The third kappa shape index (κ3) is 3.88. The second-order valence-corrected chi connectivity index (χ2v) is 6.20. The number of rotatable bonds is 2. The van der Waals surface area contributed by atoms with Crippen LogP contribution in [0, 0.1) is 0 Å². The van der Waals surface area contributed by atoms with Gasteiger partial charge in [-0.25, -0.2) is 9.97 Å². The van der Waals surface area contributed by atoms with E-state index in [0.29, 0.717) is 37.8 Å². The number of carbonyl (C=O) groups is 2. The second-order valence-electron chi connectivity index (χ2n) is 5.29. The quantitative estimate of drug-likeness (QED) is 0.787. The minimum absolute atomic E-state index is 0.463. The summed E-state index contributed by atoms with van der Waals surface area (Å²) < 4.78 is 0.908. The highest BCUT2D eigenvalue weighted by Crippen LogP contribution is 2.15. The normalized spacial score (nSPS) is 14.4. The van der Waals surface area contributed by atoms with Gasteiger partial charge < -0.3 is 15.1 Å². The Kier molecular flexibility index (Phi) is 5.05. The van der Waals surface area contributed by atoms with E-state index in [2.05, 4.69) is 31.2 Å². The number of amides is 2. The maximum atomic E-state index is 12.3. The van der Waals surface area contributed by atoms with Gasteiger partial charge in [-0.05, 0) is 30.3 Å². The molecule has 1 N–H and O–H groups in total. The van der Waals surface area contributed by atoms with Crippen LogP contribution >= 0.6 is 15.9 Å². The van der Waals surface area contributed by atoms with Crippen molar-refractivity contribution in [1.29, 1.82) is 0 Å². The SMILES string of the molecule is O=C(Nc1ccc(Br)cc1)C(=O)N1CCN(c2ncccn2)CC1. The molecule has 24 heavy (non-hydrogen) atoms. The molecule has 8 heteroatoms. The fourth-order valence-electron chi connectivity index (χ4n) is 2.43. The number of hydrogen-bond donors (Lipinski definition) is 1. The Morgan fingerprint density at radius 3 is 2.25 bits per heavy atom. The predicted octanol–water partition coefficient (Wildman–Crippen LogP) is 1.53. The number of piperazine rings is 1. The number of halogens is 1. The Labute approximate surface area is 147 Å². The van der Waals surface area contributed by atoms with Crippen LogP contribution in [0.4, 0.5) is 11.6 Å². The van der Waals surface area contributed by atoms with Crippen LogP contribution in [0.15, 0.2) is 47.2 Å². The van der Waals surface area contributed by atoms with Crippen LogP contribution < -0.4 is 10.2 Å². The number of carbonyl (C=O) groups excluding carboxylic acids is 2. The molecule has 0 spiro atoms. The largest absolute Gasteiger partial charge is 0.337 e. The highest BCUT2D eigenvalue weighted by atomic mass is 79.9. The molecule has 7 nitrogen and oxygen atoms in total. The third-order valence-electron chi connectivity index (χ3n) is 3.70. The lowest BCUT2D eigenvalue weighted by Crippen LogP contribution is -2.52. The first-order valence-electron chi connectivity index (χ1n) is 7.51. The maximum Gasteiger partial charge on any atom is 0.313 e. The molecule has 2 amide bonds. The zero-order valence-electron chi connectivity index (χ0n) is 12.9. The van der Waals surface area contributed by atoms with Crippen molar-refractivity contribution < 1.29 is 9.59 Å². The standard InChI is InChI=1S/C16H16BrN5O2/c17-12-2-4-13(5-3-12)20-14(23)15(24)21-8-10-22(11-9-21)16-18-6-1-7-19-16/h1-7H,8-11H2,(H,20,23). The molecule has 0 atom stereocenters. The summed E-state index contributed by atoms with van der Waals surface area (Å²) in [5.41, 5.74) is 0.591. The zero-order valence-corrected chi connectivity index (χ0v) is 14.4. The molecule has 124 valence electrons. The molecule has 0 bridgehead atoms. The van der Waals surface area contributed by atoms with E-state index >= 15 is 0 Å². The predicted molar refractivity (Wildman–Crippen MR) is 93.6 cm³/mol. The lowest BCUT2D eigenvalue weighted by molar-refractivity contribution is -0.143. The van der Waals surface area contributed by atoms with Crippen LogP contribution in [0.2, 0.25) is 0 Å². The lowest BCUT2D eigenvalue weighted by atomic mass is 10.3. The lowest BCUT2D eigenvalue weighted by Gasteiger charge is -2.34. The molecule has 1 aliphatic rings. The molecule has 1 saturated heterocycles. The zero-order chi connectivity index (χ0) is 16.9. The molecule has 0 radical (unpaired) electrons. The first-order valence-corrected chi connectivity index (χ1v) is 8.30.